The Bertz CT molecular complexity index is 970. The van der Waals surface area contributed by atoms with Gasteiger partial charge in [-0.05, 0) is 50.1 Å². The van der Waals surface area contributed by atoms with Crippen LogP contribution in [-0.2, 0) is 9.59 Å². The number of rotatable bonds is 5. The molecule has 0 bridgehead atoms. The average molecular weight is 412 g/mol. The van der Waals surface area contributed by atoms with E-state index in [4.69, 9.17) is 11.6 Å². The van der Waals surface area contributed by atoms with Gasteiger partial charge in [-0.2, -0.15) is 0 Å². The number of amides is 3. The Balaban J connectivity index is 1.40. The lowest BCUT2D eigenvalue weighted by Gasteiger charge is -2.17. The Morgan fingerprint density at radius 3 is 2.48 bits per heavy atom. The lowest BCUT2D eigenvalue weighted by Crippen LogP contribution is -2.28. The predicted octanol–water partition coefficient (Wildman–Crippen LogP) is 3.53. The first-order chi connectivity index (χ1) is 13.9. The minimum absolute atomic E-state index is 0.0702. The van der Waals surface area contributed by atoms with Gasteiger partial charge in [0.1, 0.15) is 0 Å². The van der Waals surface area contributed by atoms with Crippen molar-refractivity contribution in [1.82, 2.24) is 5.32 Å². The monoisotopic (exact) mass is 411 g/mol. The van der Waals surface area contributed by atoms with Crippen LogP contribution in [0.15, 0.2) is 42.5 Å². The van der Waals surface area contributed by atoms with Crippen molar-refractivity contribution in [3.8, 4) is 0 Å². The van der Waals surface area contributed by atoms with Crippen LogP contribution in [0.3, 0.4) is 0 Å². The molecule has 0 spiro atoms. The molecular weight excluding hydrogens is 390 g/mol. The molecule has 1 saturated carbocycles. The second kappa shape index (κ2) is 7.87. The normalized spacial score (nSPS) is 18.6. The average Bonchev–Trinajstić information content (AvgIpc) is 3.41. The Morgan fingerprint density at radius 2 is 1.83 bits per heavy atom. The summed E-state index contributed by atoms with van der Waals surface area (Å²) in [6.45, 7) is 2.32. The molecular formula is C22H22ClN3O3. The third-order valence-electron chi connectivity index (χ3n) is 5.24. The fraction of sp³-hybridized carbons (Fsp3) is 0.318. The minimum Gasteiger partial charge on any atom is -0.349 e. The van der Waals surface area contributed by atoms with E-state index in [2.05, 4.69) is 10.6 Å². The van der Waals surface area contributed by atoms with Crippen LogP contribution in [0.2, 0.25) is 5.02 Å². The Morgan fingerprint density at radius 1 is 1.10 bits per heavy atom. The summed E-state index contributed by atoms with van der Waals surface area (Å²) < 4.78 is 0. The molecule has 0 radical (unpaired) electrons. The van der Waals surface area contributed by atoms with Crippen molar-refractivity contribution < 1.29 is 14.4 Å². The van der Waals surface area contributed by atoms with E-state index in [1.54, 1.807) is 23.1 Å². The molecule has 6 nitrogen and oxygen atoms in total. The minimum atomic E-state index is -0.444. The molecule has 2 aliphatic rings. The number of carbonyl (C=O) groups excluding carboxylic acids is 3. The topological polar surface area (TPSA) is 78.5 Å². The highest BCUT2D eigenvalue weighted by molar-refractivity contribution is 6.34. The van der Waals surface area contributed by atoms with E-state index in [-0.39, 0.29) is 35.2 Å². The first kappa shape index (κ1) is 19.5. The molecule has 2 N–H and O–H groups in total. The summed E-state index contributed by atoms with van der Waals surface area (Å²) in [4.78, 5) is 38.8. The van der Waals surface area contributed by atoms with Gasteiger partial charge in [0.05, 0.1) is 16.5 Å². The SMILES string of the molecule is Cc1ccc(N2CC(C(=O)Nc3ccc(C(=O)NC4CC4)c(Cl)c3)CC2=O)cc1. The molecule has 0 aromatic heterocycles. The highest BCUT2D eigenvalue weighted by Gasteiger charge is 2.35. The maximum atomic E-state index is 12.7. The van der Waals surface area contributed by atoms with Crippen LogP contribution in [0.5, 0.6) is 0 Å². The van der Waals surface area contributed by atoms with Crippen LogP contribution in [0.1, 0.15) is 35.2 Å². The van der Waals surface area contributed by atoms with Gasteiger partial charge in [0.2, 0.25) is 11.8 Å². The van der Waals surface area contributed by atoms with Gasteiger partial charge < -0.3 is 15.5 Å². The van der Waals surface area contributed by atoms with Gasteiger partial charge in [0, 0.05) is 30.4 Å². The molecule has 1 atom stereocenters. The van der Waals surface area contributed by atoms with Crippen molar-refractivity contribution in [1.29, 1.82) is 0 Å². The van der Waals surface area contributed by atoms with Gasteiger partial charge >= 0.3 is 0 Å². The van der Waals surface area contributed by atoms with E-state index in [0.717, 1.165) is 24.1 Å². The molecule has 7 heteroatoms. The second-order valence-electron chi connectivity index (χ2n) is 7.67. The van der Waals surface area contributed by atoms with E-state index in [0.29, 0.717) is 17.8 Å². The van der Waals surface area contributed by atoms with E-state index < -0.39 is 5.92 Å². The number of halogens is 1. The smallest absolute Gasteiger partial charge is 0.253 e. The first-order valence-corrected chi connectivity index (χ1v) is 10.1. The van der Waals surface area contributed by atoms with Gasteiger partial charge in [-0.3, -0.25) is 14.4 Å². The Kier molecular flexibility index (Phi) is 5.28. The zero-order valence-electron chi connectivity index (χ0n) is 16.1. The summed E-state index contributed by atoms with van der Waals surface area (Å²) in [5, 5.41) is 5.98. The highest BCUT2D eigenvalue weighted by Crippen LogP contribution is 2.28. The molecule has 1 saturated heterocycles. The van der Waals surface area contributed by atoms with Crippen LogP contribution in [0.4, 0.5) is 11.4 Å². The lowest BCUT2D eigenvalue weighted by atomic mass is 10.1. The van der Waals surface area contributed by atoms with E-state index in [1.165, 1.54) is 0 Å². The van der Waals surface area contributed by atoms with Crippen molar-refractivity contribution in [2.75, 3.05) is 16.8 Å². The van der Waals surface area contributed by atoms with Crippen LogP contribution in [-0.4, -0.2) is 30.3 Å². The van der Waals surface area contributed by atoms with Crippen LogP contribution >= 0.6 is 11.6 Å². The maximum absolute atomic E-state index is 12.7. The molecule has 29 heavy (non-hydrogen) atoms. The van der Waals surface area contributed by atoms with Crippen LogP contribution in [0.25, 0.3) is 0 Å². The second-order valence-corrected chi connectivity index (χ2v) is 8.08. The van der Waals surface area contributed by atoms with Crippen molar-refractivity contribution >= 4 is 40.7 Å². The van der Waals surface area contributed by atoms with Gasteiger partial charge in [-0.25, -0.2) is 0 Å². The highest BCUT2D eigenvalue weighted by atomic mass is 35.5. The largest absolute Gasteiger partial charge is 0.349 e. The van der Waals surface area contributed by atoms with Crippen LogP contribution < -0.4 is 15.5 Å². The third kappa shape index (κ3) is 4.43. The Labute approximate surface area is 174 Å². The number of hydrogen-bond donors (Lipinski definition) is 2. The van der Waals surface area contributed by atoms with E-state index >= 15 is 0 Å². The fourth-order valence-corrected chi connectivity index (χ4v) is 3.64. The molecule has 1 heterocycles. The zero-order valence-corrected chi connectivity index (χ0v) is 16.8. The predicted molar refractivity (Wildman–Crippen MR) is 112 cm³/mol. The van der Waals surface area contributed by atoms with Crippen LogP contribution in [0, 0.1) is 12.8 Å². The molecule has 150 valence electrons. The van der Waals surface area contributed by atoms with Gasteiger partial charge in [0.25, 0.3) is 5.91 Å². The van der Waals surface area contributed by atoms with Gasteiger partial charge in [-0.1, -0.05) is 29.3 Å². The molecule has 2 fully saturated rings. The molecule has 1 aliphatic heterocycles. The summed E-state index contributed by atoms with van der Waals surface area (Å²) >= 11 is 6.24. The molecule has 2 aromatic carbocycles. The lowest BCUT2D eigenvalue weighted by molar-refractivity contribution is -0.122. The number of nitrogens with zero attached hydrogens (tertiary/aromatic N) is 1. The fourth-order valence-electron chi connectivity index (χ4n) is 3.37. The summed E-state index contributed by atoms with van der Waals surface area (Å²) in [6.07, 6.45) is 2.16. The number of benzene rings is 2. The quantitative estimate of drug-likeness (QED) is 0.789. The van der Waals surface area contributed by atoms with Gasteiger partial charge in [-0.15, -0.1) is 0 Å². The Hall–Kier alpha value is -2.86. The number of carbonyl (C=O) groups is 3. The summed E-state index contributed by atoms with van der Waals surface area (Å²) in [5.74, 6) is -0.954. The number of anilines is 2. The molecule has 4 rings (SSSR count). The zero-order chi connectivity index (χ0) is 20.5. The molecule has 3 amide bonds. The summed E-state index contributed by atoms with van der Waals surface area (Å²) in [6, 6.07) is 12.7. The van der Waals surface area contributed by atoms with Gasteiger partial charge in [0.15, 0.2) is 0 Å². The van der Waals surface area contributed by atoms with Crippen molar-refractivity contribution in [3.63, 3.8) is 0 Å². The van der Waals surface area contributed by atoms with E-state index in [1.807, 2.05) is 31.2 Å². The summed E-state index contributed by atoms with van der Waals surface area (Å²) in [5.41, 5.74) is 2.80. The first-order valence-electron chi connectivity index (χ1n) is 9.69. The molecule has 2 aromatic rings. The molecule has 1 aliphatic carbocycles. The molecule has 1 unspecified atom stereocenters. The van der Waals surface area contributed by atoms with Crippen molar-refractivity contribution in [2.45, 2.75) is 32.2 Å². The number of aryl methyl sites for hydroxylation is 1. The standard InChI is InChI=1S/C22H22ClN3O3/c1-13-2-7-17(8-3-13)26-12-14(10-20(26)27)21(28)25-16-6-9-18(19(23)11-16)22(29)24-15-4-5-15/h2-3,6-9,11,14-15H,4-5,10,12H2,1H3,(H,24,29)(H,25,28). The number of nitrogens with one attached hydrogen (secondary N) is 2. The van der Waals surface area contributed by atoms with E-state index in [9.17, 15) is 14.4 Å². The van der Waals surface area contributed by atoms with Crippen molar-refractivity contribution in [2.24, 2.45) is 5.92 Å². The number of hydrogen-bond acceptors (Lipinski definition) is 3. The summed E-state index contributed by atoms with van der Waals surface area (Å²) in [7, 11) is 0. The maximum Gasteiger partial charge on any atom is 0.253 e. The van der Waals surface area contributed by atoms with Crippen molar-refractivity contribution in [3.05, 3.63) is 58.6 Å². The third-order valence-corrected chi connectivity index (χ3v) is 5.55.